The van der Waals surface area contributed by atoms with E-state index in [1.807, 2.05) is 6.92 Å². The Bertz CT molecular complexity index is 877. The number of nitrogens with zero attached hydrogens (tertiary/aromatic N) is 3. The predicted molar refractivity (Wildman–Crippen MR) is 113 cm³/mol. The van der Waals surface area contributed by atoms with Gasteiger partial charge in [0, 0.05) is 12.5 Å². The SMILES string of the molecule is Cc1noc(CCCN2CCC[C@@H]2COc2ccc(Cc3ccccc3)cc2)n1. The van der Waals surface area contributed by atoms with Crippen LogP contribution in [0.3, 0.4) is 0 Å². The maximum absolute atomic E-state index is 6.11. The third-order valence-corrected chi connectivity index (χ3v) is 5.52. The van der Waals surface area contributed by atoms with E-state index in [0.29, 0.717) is 11.9 Å². The molecule has 5 nitrogen and oxygen atoms in total. The molecule has 1 aliphatic rings. The highest BCUT2D eigenvalue weighted by Crippen LogP contribution is 2.21. The smallest absolute Gasteiger partial charge is 0.226 e. The van der Waals surface area contributed by atoms with Crippen LogP contribution < -0.4 is 4.74 Å². The van der Waals surface area contributed by atoms with Gasteiger partial charge in [0.1, 0.15) is 12.4 Å². The van der Waals surface area contributed by atoms with E-state index in [1.165, 1.54) is 24.0 Å². The van der Waals surface area contributed by atoms with Crippen molar-refractivity contribution >= 4 is 0 Å². The lowest BCUT2D eigenvalue weighted by atomic mass is 10.1. The Morgan fingerprint density at radius 2 is 1.86 bits per heavy atom. The van der Waals surface area contributed by atoms with Crippen LogP contribution in [0.15, 0.2) is 59.1 Å². The van der Waals surface area contributed by atoms with E-state index in [-0.39, 0.29) is 0 Å². The summed E-state index contributed by atoms with van der Waals surface area (Å²) in [5, 5.41) is 3.85. The number of aryl methyl sites for hydroxylation is 2. The second-order valence-electron chi connectivity index (χ2n) is 7.79. The fourth-order valence-electron chi connectivity index (χ4n) is 3.98. The summed E-state index contributed by atoms with van der Waals surface area (Å²) in [6.45, 7) is 4.80. The molecule has 0 bridgehead atoms. The Morgan fingerprint density at radius 3 is 2.62 bits per heavy atom. The highest BCUT2D eigenvalue weighted by atomic mass is 16.5. The van der Waals surface area contributed by atoms with Crippen LogP contribution in [0.5, 0.6) is 5.75 Å². The molecule has 0 amide bonds. The summed E-state index contributed by atoms with van der Waals surface area (Å²) in [6.07, 6.45) is 5.27. The van der Waals surface area contributed by atoms with Crippen molar-refractivity contribution in [3.05, 3.63) is 77.4 Å². The van der Waals surface area contributed by atoms with Gasteiger partial charge in [0.15, 0.2) is 5.82 Å². The molecule has 152 valence electrons. The van der Waals surface area contributed by atoms with Gasteiger partial charge in [-0.2, -0.15) is 4.98 Å². The fraction of sp³-hybridized carbons (Fsp3) is 0.417. The minimum Gasteiger partial charge on any atom is -0.492 e. The highest BCUT2D eigenvalue weighted by molar-refractivity contribution is 5.31. The Balaban J connectivity index is 1.22. The van der Waals surface area contributed by atoms with Crippen LogP contribution in [0.25, 0.3) is 0 Å². The van der Waals surface area contributed by atoms with E-state index in [9.17, 15) is 0 Å². The maximum Gasteiger partial charge on any atom is 0.226 e. The standard InChI is InChI=1S/C24H29N3O2/c1-19-25-24(29-26-19)10-6-16-27-15-5-9-22(27)18-28-23-13-11-21(12-14-23)17-20-7-3-2-4-8-20/h2-4,7-8,11-14,22H,5-6,9-10,15-18H2,1H3/t22-/m1/s1. The monoisotopic (exact) mass is 391 g/mol. The molecular formula is C24H29N3O2. The van der Waals surface area contributed by atoms with Gasteiger partial charge in [-0.05, 0) is 69.0 Å². The van der Waals surface area contributed by atoms with Crippen molar-refractivity contribution in [3.8, 4) is 5.75 Å². The van der Waals surface area contributed by atoms with E-state index >= 15 is 0 Å². The van der Waals surface area contributed by atoms with Gasteiger partial charge in [-0.1, -0.05) is 47.6 Å². The molecule has 5 heteroatoms. The van der Waals surface area contributed by atoms with Crippen molar-refractivity contribution in [2.45, 2.75) is 45.1 Å². The number of benzene rings is 2. The van der Waals surface area contributed by atoms with Crippen LogP contribution in [-0.2, 0) is 12.8 Å². The van der Waals surface area contributed by atoms with E-state index in [2.05, 4.69) is 69.6 Å². The molecule has 0 N–H and O–H groups in total. The summed E-state index contributed by atoms with van der Waals surface area (Å²) in [5.41, 5.74) is 2.64. The number of hydrogen-bond acceptors (Lipinski definition) is 5. The summed E-state index contributed by atoms with van der Waals surface area (Å²) < 4.78 is 11.3. The van der Waals surface area contributed by atoms with E-state index in [1.54, 1.807) is 0 Å². The van der Waals surface area contributed by atoms with Crippen LogP contribution in [0.4, 0.5) is 0 Å². The molecule has 3 aromatic rings. The van der Waals surface area contributed by atoms with Gasteiger partial charge in [-0.15, -0.1) is 0 Å². The van der Waals surface area contributed by atoms with Crippen LogP contribution in [0.2, 0.25) is 0 Å². The molecule has 4 rings (SSSR count). The zero-order valence-electron chi connectivity index (χ0n) is 17.1. The second kappa shape index (κ2) is 9.70. The molecule has 1 aromatic heterocycles. The summed E-state index contributed by atoms with van der Waals surface area (Å²) in [5.74, 6) is 2.40. The quantitative estimate of drug-likeness (QED) is 0.540. The molecule has 2 heterocycles. The first-order valence-corrected chi connectivity index (χ1v) is 10.6. The van der Waals surface area contributed by atoms with E-state index in [0.717, 1.165) is 50.6 Å². The fourth-order valence-corrected chi connectivity index (χ4v) is 3.98. The lowest BCUT2D eigenvalue weighted by molar-refractivity contribution is 0.170. The summed E-state index contributed by atoms with van der Waals surface area (Å²) >= 11 is 0. The molecule has 0 aliphatic carbocycles. The third-order valence-electron chi connectivity index (χ3n) is 5.52. The van der Waals surface area contributed by atoms with Gasteiger partial charge in [-0.3, -0.25) is 4.90 Å². The van der Waals surface area contributed by atoms with Crippen LogP contribution in [0.1, 0.15) is 42.1 Å². The molecule has 0 spiro atoms. The molecule has 1 atom stereocenters. The lowest BCUT2D eigenvalue weighted by Gasteiger charge is -2.24. The van der Waals surface area contributed by atoms with Crippen molar-refractivity contribution in [1.29, 1.82) is 0 Å². The molecule has 1 aliphatic heterocycles. The molecule has 2 aromatic carbocycles. The topological polar surface area (TPSA) is 51.4 Å². The average Bonchev–Trinajstić information content (AvgIpc) is 3.37. The summed E-state index contributed by atoms with van der Waals surface area (Å²) in [4.78, 5) is 6.82. The largest absolute Gasteiger partial charge is 0.492 e. The van der Waals surface area contributed by atoms with Gasteiger partial charge in [0.25, 0.3) is 0 Å². The van der Waals surface area contributed by atoms with Gasteiger partial charge >= 0.3 is 0 Å². The first-order valence-electron chi connectivity index (χ1n) is 10.6. The molecule has 0 unspecified atom stereocenters. The first-order chi connectivity index (χ1) is 14.3. The van der Waals surface area contributed by atoms with Crippen LogP contribution in [0, 0.1) is 6.92 Å². The van der Waals surface area contributed by atoms with Gasteiger partial charge in [0.05, 0.1) is 0 Å². The highest BCUT2D eigenvalue weighted by Gasteiger charge is 2.24. The summed E-state index contributed by atoms with van der Waals surface area (Å²) in [7, 11) is 0. The third kappa shape index (κ3) is 5.67. The number of likely N-dealkylation sites (tertiary alicyclic amines) is 1. The molecule has 1 saturated heterocycles. The Labute approximate surface area is 172 Å². The van der Waals surface area contributed by atoms with Crippen molar-refractivity contribution in [1.82, 2.24) is 15.0 Å². The van der Waals surface area contributed by atoms with Crippen molar-refractivity contribution in [3.63, 3.8) is 0 Å². The van der Waals surface area contributed by atoms with Crippen molar-refractivity contribution in [2.75, 3.05) is 19.7 Å². The lowest BCUT2D eigenvalue weighted by Crippen LogP contribution is -2.35. The Hall–Kier alpha value is -2.66. The zero-order chi connectivity index (χ0) is 19.9. The maximum atomic E-state index is 6.11. The molecular weight excluding hydrogens is 362 g/mol. The first kappa shape index (κ1) is 19.6. The molecule has 0 saturated carbocycles. The number of ether oxygens (including phenoxy) is 1. The molecule has 1 fully saturated rings. The van der Waals surface area contributed by atoms with E-state index < -0.39 is 0 Å². The van der Waals surface area contributed by atoms with Crippen LogP contribution in [-0.4, -0.2) is 40.8 Å². The number of rotatable bonds is 9. The minimum atomic E-state index is 0.489. The zero-order valence-corrected chi connectivity index (χ0v) is 17.1. The Morgan fingerprint density at radius 1 is 1.07 bits per heavy atom. The molecule has 0 radical (unpaired) electrons. The number of hydrogen-bond donors (Lipinski definition) is 0. The van der Waals surface area contributed by atoms with Gasteiger partial charge < -0.3 is 9.26 Å². The predicted octanol–water partition coefficient (Wildman–Crippen LogP) is 4.44. The average molecular weight is 392 g/mol. The number of aromatic nitrogens is 2. The van der Waals surface area contributed by atoms with Gasteiger partial charge in [0.2, 0.25) is 5.89 Å². The van der Waals surface area contributed by atoms with Crippen molar-refractivity contribution < 1.29 is 9.26 Å². The van der Waals surface area contributed by atoms with Crippen molar-refractivity contribution in [2.24, 2.45) is 0 Å². The van der Waals surface area contributed by atoms with Gasteiger partial charge in [-0.25, -0.2) is 0 Å². The Kier molecular flexibility index (Phi) is 6.57. The van der Waals surface area contributed by atoms with E-state index in [4.69, 9.17) is 9.26 Å². The minimum absolute atomic E-state index is 0.489. The van der Waals surface area contributed by atoms with Crippen LogP contribution >= 0.6 is 0 Å². The summed E-state index contributed by atoms with van der Waals surface area (Å²) in [6, 6.07) is 19.6. The normalized spacial score (nSPS) is 16.9. The molecule has 29 heavy (non-hydrogen) atoms. The second-order valence-corrected chi connectivity index (χ2v) is 7.79.